The third-order valence-electron chi connectivity index (χ3n) is 21.8. The maximum Gasteiger partial charge on any atom is 0.308 e. The zero-order valence-electron chi connectivity index (χ0n) is 45.1. The predicted octanol–water partition coefficient (Wildman–Crippen LogP) is 5.25. The molecule has 16 aliphatic rings. The molecule has 0 aromatic rings. The molecule has 0 aliphatic carbocycles. The minimum absolute atomic E-state index is 0.0284. The van der Waals surface area contributed by atoms with Crippen LogP contribution in [0.25, 0.3) is 0 Å². The molecule has 2 N–H and O–H groups in total. The van der Waals surface area contributed by atoms with Crippen LogP contribution >= 0.6 is 0 Å². The minimum Gasteiger partial charge on any atom is -0.459 e. The third kappa shape index (κ3) is 8.63. The Kier molecular flexibility index (Phi) is 12.9. The molecule has 18 heteroatoms. The van der Waals surface area contributed by atoms with Gasteiger partial charge in [0.05, 0.1) is 117 Å². The molecule has 0 saturated carbocycles. The molecule has 0 radical (unpaired) electrons. The summed E-state index contributed by atoms with van der Waals surface area (Å²) in [6.07, 6.45) is 4.35. The Labute approximate surface area is 446 Å². The van der Waals surface area contributed by atoms with Crippen LogP contribution in [0.15, 0.2) is 12.2 Å². The van der Waals surface area contributed by atoms with Crippen LogP contribution in [-0.2, 0) is 75.8 Å². The van der Waals surface area contributed by atoms with Crippen molar-refractivity contribution in [1.82, 2.24) is 0 Å². The Morgan fingerprint density at radius 1 is 0.474 bits per heavy atom. The van der Waals surface area contributed by atoms with E-state index in [0.717, 1.165) is 44.1 Å². The molecule has 16 fully saturated rings. The molecule has 0 amide bonds. The monoisotopic (exact) mass is 1070 g/mol. The van der Waals surface area contributed by atoms with E-state index in [-0.39, 0.29) is 153 Å². The number of aliphatic hydroxyl groups is 2. The Bertz CT molecular complexity index is 2220. The molecule has 16 aliphatic heterocycles. The van der Waals surface area contributed by atoms with Crippen LogP contribution in [0.5, 0.6) is 0 Å². The molecular weight excluding hydrogens is 985 g/mol. The van der Waals surface area contributed by atoms with Crippen molar-refractivity contribution in [3.05, 3.63) is 12.2 Å². The number of hydrogen-bond donors (Lipinski definition) is 2. The lowest BCUT2D eigenvalue weighted by Gasteiger charge is -2.54. The summed E-state index contributed by atoms with van der Waals surface area (Å²) in [6.45, 7) is 15.5. The zero-order valence-corrected chi connectivity index (χ0v) is 45.1. The molecule has 16 saturated heterocycles. The first-order valence-electron chi connectivity index (χ1n) is 30.1. The van der Waals surface area contributed by atoms with Gasteiger partial charge in [0.15, 0.2) is 17.4 Å². The number of fused-ring (bicyclic) bond motifs is 10. The lowest BCUT2D eigenvalue weighted by Crippen LogP contribution is -2.62. The molecule has 32 atom stereocenters. The fraction of sp³-hybridized carbons (Fsp3) is 0.948. The molecular formula is C58H84O18. The summed E-state index contributed by atoms with van der Waals surface area (Å²) in [4.78, 5) is 14.6. The highest BCUT2D eigenvalue weighted by Gasteiger charge is 2.70. The van der Waals surface area contributed by atoms with Crippen LogP contribution in [0, 0.1) is 29.6 Å². The van der Waals surface area contributed by atoms with Crippen molar-refractivity contribution in [2.45, 2.75) is 308 Å². The smallest absolute Gasteiger partial charge is 0.308 e. The molecule has 12 bridgehead atoms. The van der Waals surface area contributed by atoms with E-state index in [1.54, 1.807) is 0 Å². The molecule has 18 nitrogen and oxygen atoms in total. The first kappa shape index (κ1) is 51.5. The standard InChI is InChI=1S/C58H84O18/c1-25-13-31-7-9-35-26(2)14-33(62-35)11-12-56-22-43-52(75-56)53-54(68-43)55(76-56)51-36(66-53)10-8-32(64-51)15-46(61)70-50-30(6)49-40(65-39(50)17-37(63-31)29(25)5)18-38-42(67-49)21-58(71-38)23-44-48(74-58)28(4)20-57(73-44)19-27(3)47-41(72-57)16-34(60)45(24-59)69-47/h25-28,30-45,47-55,59-60H,5,7-24H2,1-4,6H3/t25-,26?,27+,28+,30+,31?,32-,33?,34?,35?,36+,37-,38-,39?,40+,41?,42-,43-,44?,45?,47?,48?,49+,50-,51+,52-,53?,54?,55+,56+,57-,58+/m1/s1. The lowest BCUT2D eigenvalue weighted by atomic mass is 9.78. The van der Waals surface area contributed by atoms with Gasteiger partial charge in [-0.05, 0) is 74.2 Å². The van der Waals surface area contributed by atoms with Crippen LogP contribution in [0.1, 0.15) is 144 Å². The summed E-state index contributed by atoms with van der Waals surface area (Å²) in [7, 11) is 0. The largest absolute Gasteiger partial charge is 0.459 e. The summed E-state index contributed by atoms with van der Waals surface area (Å²) >= 11 is 0. The Hall–Kier alpha value is -1.43. The zero-order chi connectivity index (χ0) is 51.7. The normalized spacial score (nSPS) is 60.2. The van der Waals surface area contributed by atoms with E-state index in [0.29, 0.717) is 70.1 Å². The highest BCUT2D eigenvalue weighted by atomic mass is 16.8. The van der Waals surface area contributed by atoms with Gasteiger partial charge in [-0.2, -0.15) is 0 Å². The van der Waals surface area contributed by atoms with Crippen LogP contribution in [0.4, 0.5) is 0 Å². The van der Waals surface area contributed by atoms with Crippen molar-refractivity contribution in [2.75, 3.05) is 6.61 Å². The third-order valence-corrected chi connectivity index (χ3v) is 21.8. The van der Waals surface area contributed by atoms with Crippen molar-refractivity contribution in [1.29, 1.82) is 0 Å². The summed E-state index contributed by atoms with van der Waals surface area (Å²) < 4.78 is 103. The van der Waals surface area contributed by atoms with Crippen molar-refractivity contribution in [3.8, 4) is 0 Å². The number of ether oxygens (including phenoxy) is 15. The van der Waals surface area contributed by atoms with Crippen LogP contribution in [0.3, 0.4) is 0 Å². The van der Waals surface area contributed by atoms with E-state index in [4.69, 9.17) is 71.1 Å². The second kappa shape index (κ2) is 19.1. The average molecular weight is 1070 g/mol. The van der Waals surface area contributed by atoms with Gasteiger partial charge in [0.25, 0.3) is 0 Å². The number of hydrogen-bond acceptors (Lipinski definition) is 18. The SMILES string of the molecule is C=C1[C@H](C)CC2CCC3OC(CC[C@@]45C[C@H]6OC7C(O[C@H]8CC[C@H](CC(=O)O[C@H]9C(C[C@H]1O2)O[C@H]1C[C@H]2O[C@@]%10(CC%11O[C@]%12(C[C@H](C)C%13OC(CO)C(O)CC%13O%12)C[C@H](C)C%11O%10)C[C@H]2O[C@H]1[C@@H]9C)O[C@@H]8[C@@H]7O4)[C@@H]6O5)CC3C. The van der Waals surface area contributed by atoms with Crippen molar-refractivity contribution in [2.24, 2.45) is 29.6 Å². The molecule has 16 rings (SSSR count). The second-order valence-corrected chi connectivity index (χ2v) is 27.1. The Morgan fingerprint density at radius 3 is 2.00 bits per heavy atom. The first-order chi connectivity index (χ1) is 36.6. The first-order valence-corrected chi connectivity index (χ1v) is 30.1. The van der Waals surface area contributed by atoms with E-state index in [2.05, 4.69) is 41.2 Å². The van der Waals surface area contributed by atoms with E-state index in [1.165, 1.54) is 0 Å². The molecule has 424 valence electrons. The maximum atomic E-state index is 14.6. The van der Waals surface area contributed by atoms with Gasteiger partial charge in [-0.15, -0.1) is 0 Å². The maximum absolute atomic E-state index is 14.6. The van der Waals surface area contributed by atoms with E-state index >= 15 is 0 Å². The van der Waals surface area contributed by atoms with Gasteiger partial charge in [-0.1, -0.05) is 41.2 Å². The fourth-order valence-electron chi connectivity index (χ4n) is 18.1. The van der Waals surface area contributed by atoms with Crippen molar-refractivity contribution >= 4 is 5.97 Å². The van der Waals surface area contributed by atoms with Crippen molar-refractivity contribution in [3.63, 3.8) is 0 Å². The number of carbonyl (C=O) groups excluding carboxylic acids is 1. The minimum atomic E-state index is -0.906. The number of aliphatic hydroxyl groups excluding tert-OH is 2. The van der Waals surface area contributed by atoms with Gasteiger partial charge < -0.3 is 81.3 Å². The molecule has 16 heterocycles. The molecule has 0 aromatic heterocycles. The van der Waals surface area contributed by atoms with Crippen LogP contribution in [-0.4, -0.2) is 187 Å². The average Bonchev–Trinajstić information content (AvgIpc) is 4.15. The lowest BCUT2D eigenvalue weighted by molar-refractivity contribution is -0.371. The van der Waals surface area contributed by atoms with Gasteiger partial charge in [-0.3, -0.25) is 4.79 Å². The Balaban J connectivity index is 0.668. The van der Waals surface area contributed by atoms with E-state index < -0.39 is 54.0 Å². The molecule has 0 aromatic carbocycles. The van der Waals surface area contributed by atoms with Gasteiger partial charge in [0, 0.05) is 63.7 Å². The van der Waals surface area contributed by atoms with E-state index in [9.17, 15) is 15.0 Å². The molecule has 3 spiro atoms. The molecule has 76 heavy (non-hydrogen) atoms. The van der Waals surface area contributed by atoms with Gasteiger partial charge in [0.1, 0.15) is 42.7 Å². The van der Waals surface area contributed by atoms with Gasteiger partial charge in [-0.25, -0.2) is 0 Å². The highest BCUT2D eigenvalue weighted by molar-refractivity contribution is 5.70. The highest BCUT2D eigenvalue weighted by Crippen LogP contribution is 2.58. The van der Waals surface area contributed by atoms with E-state index in [1.807, 2.05) is 0 Å². The second-order valence-electron chi connectivity index (χ2n) is 27.1. The summed E-state index contributed by atoms with van der Waals surface area (Å²) in [5, 5.41) is 20.6. The predicted molar refractivity (Wildman–Crippen MR) is 263 cm³/mol. The number of esters is 1. The summed E-state index contributed by atoms with van der Waals surface area (Å²) in [5.41, 5.74) is 1.05. The topological polar surface area (TPSA) is 196 Å². The summed E-state index contributed by atoms with van der Waals surface area (Å²) in [5.74, 6) is -2.21. The van der Waals surface area contributed by atoms with Gasteiger partial charge >= 0.3 is 5.97 Å². The van der Waals surface area contributed by atoms with Crippen LogP contribution in [0.2, 0.25) is 0 Å². The van der Waals surface area contributed by atoms with Crippen molar-refractivity contribution < 1.29 is 86.1 Å². The van der Waals surface area contributed by atoms with Gasteiger partial charge in [0.2, 0.25) is 0 Å². The fourth-order valence-corrected chi connectivity index (χ4v) is 18.1. The number of rotatable bonds is 1. The van der Waals surface area contributed by atoms with Crippen LogP contribution < -0.4 is 0 Å². The Morgan fingerprint density at radius 2 is 1.14 bits per heavy atom. The summed E-state index contributed by atoms with van der Waals surface area (Å²) in [6, 6.07) is 0. The molecule has 13 unspecified atom stereocenters. The quantitative estimate of drug-likeness (QED) is 0.255. The number of carbonyl (C=O) groups is 1.